The van der Waals surface area contributed by atoms with E-state index in [2.05, 4.69) is 10.6 Å². The van der Waals surface area contributed by atoms with Gasteiger partial charge in [0.1, 0.15) is 0 Å². The second-order valence-corrected chi connectivity index (χ2v) is 7.06. The van der Waals surface area contributed by atoms with E-state index in [1.54, 1.807) is 0 Å². The smallest absolute Gasteiger partial charge is 0.315 e. The molecule has 0 bridgehead atoms. The number of carbonyl (C=O) groups is 1. The lowest BCUT2D eigenvalue weighted by Crippen LogP contribution is -2.48. The number of thiophene rings is 1. The van der Waals surface area contributed by atoms with E-state index in [1.165, 1.54) is 11.3 Å². The van der Waals surface area contributed by atoms with Crippen molar-refractivity contribution in [3.8, 4) is 0 Å². The first-order valence-electron chi connectivity index (χ1n) is 7.03. The van der Waals surface area contributed by atoms with Gasteiger partial charge in [-0.05, 0) is 31.9 Å². The maximum absolute atomic E-state index is 12.0. The van der Waals surface area contributed by atoms with Gasteiger partial charge in [-0.25, -0.2) is 4.79 Å². The molecule has 3 unspecified atom stereocenters. The molecule has 1 heterocycles. The number of amides is 2. The summed E-state index contributed by atoms with van der Waals surface area (Å²) < 4.78 is 0.724. The highest BCUT2D eigenvalue weighted by atomic mass is 35.5. The minimum absolute atomic E-state index is 0.0660. The standard InChI is InChI=1S/C14H21ClN2O2S/c1-9(12-6-7-13(15)20-12)16-14(19)17-11-5-3-2-4-10(11)8-18/h6-7,9-11,18H,2-5,8H2,1H3,(H2,16,17,19). The fraction of sp³-hybridized carbons (Fsp3) is 0.643. The van der Waals surface area contributed by atoms with E-state index >= 15 is 0 Å². The Balaban J connectivity index is 1.85. The van der Waals surface area contributed by atoms with Crippen LogP contribution in [0.25, 0.3) is 0 Å². The number of aliphatic hydroxyl groups excluding tert-OH is 1. The Bertz CT molecular complexity index is 452. The molecule has 6 heteroatoms. The highest BCUT2D eigenvalue weighted by Gasteiger charge is 2.26. The van der Waals surface area contributed by atoms with E-state index in [-0.39, 0.29) is 30.6 Å². The van der Waals surface area contributed by atoms with Crippen LogP contribution in [0.5, 0.6) is 0 Å². The normalized spacial score (nSPS) is 24.1. The molecule has 2 amide bonds. The lowest BCUT2D eigenvalue weighted by molar-refractivity contribution is 0.153. The third-order valence-electron chi connectivity index (χ3n) is 3.83. The summed E-state index contributed by atoms with van der Waals surface area (Å²) in [4.78, 5) is 13.1. The number of hydrogen-bond donors (Lipinski definition) is 3. The Morgan fingerprint density at radius 2 is 2.25 bits per heavy atom. The van der Waals surface area contributed by atoms with Crippen molar-refractivity contribution in [3.63, 3.8) is 0 Å². The van der Waals surface area contributed by atoms with Gasteiger partial charge in [-0.3, -0.25) is 0 Å². The van der Waals surface area contributed by atoms with Gasteiger partial charge in [0.05, 0.1) is 10.4 Å². The Labute approximate surface area is 128 Å². The van der Waals surface area contributed by atoms with E-state index < -0.39 is 0 Å². The summed E-state index contributed by atoms with van der Waals surface area (Å²) in [6.07, 6.45) is 4.17. The predicted octanol–water partition coefficient (Wildman–Crippen LogP) is 3.31. The molecule has 0 aliphatic heterocycles. The molecule has 4 nitrogen and oxygen atoms in total. The molecule has 3 atom stereocenters. The average molecular weight is 317 g/mol. The van der Waals surface area contributed by atoms with Crippen LogP contribution in [0.1, 0.15) is 43.5 Å². The maximum atomic E-state index is 12.0. The molecule has 2 rings (SSSR count). The molecule has 112 valence electrons. The minimum Gasteiger partial charge on any atom is -0.396 e. The zero-order valence-corrected chi connectivity index (χ0v) is 13.1. The van der Waals surface area contributed by atoms with E-state index in [9.17, 15) is 9.90 Å². The molecule has 1 saturated carbocycles. The Morgan fingerprint density at radius 3 is 2.90 bits per heavy atom. The highest BCUT2D eigenvalue weighted by molar-refractivity contribution is 7.16. The number of carbonyl (C=O) groups excluding carboxylic acids is 1. The summed E-state index contributed by atoms with van der Waals surface area (Å²) in [5, 5.41) is 15.3. The Hall–Kier alpha value is -0.780. The quantitative estimate of drug-likeness (QED) is 0.798. The van der Waals surface area contributed by atoms with Crippen LogP contribution in [0.2, 0.25) is 4.34 Å². The molecule has 0 radical (unpaired) electrons. The van der Waals surface area contributed by atoms with Crippen LogP contribution in [0, 0.1) is 5.92 Å². The number of nitrogens with one attached hydrogen (secondary N) is 2. The van der Waals surface area contributed by atoms with E-state index in [0.717, 1.165) is 34.9 Å². The minimum atomic E-state index is -0.174. The summed E-state index contributed by atoms with van der Waals surface area (Å²) in [7, 11) is 0. The first kappa shape index (κ1) is 15.6. The van der Waals surface area contributed by atoms with Crippen molar-refractivity contribution < 1.29 is 9.90 Å². The van der Waals surface area contributed by atoms with E-state index in [0.29, 0.717) is 0 Å². The summed E-state index contributed by atoms with van der Waals surface area (Å²) >= 11 is 7.37. The number of urea groups is 1. The van der Waals surface area contributed by atoms with Crippen LogP contribution < -0.4 is 10.6 Å². The SMILES string of the molecule is CC(NC(=O)NC1CCCCC1CO)c1ccc(Cl)s1. The Morgan fingerprint density at radius 1 is 1.50 bits per heavy atom. The summed E-state index contributed by atoms with van der Waals surface area (Å²) in [6.45, 7) is 2.08. The maximum Gasteiger partial charge on any atom is 0.315 e. The number of rotatable bonds is 4. The van der Waals surface area contributed by atoms with Crippen molar-refractivity contribution in [2.75, 3.05) is 6.61 Å². The second kappa shape index (κ2) is 7.29. The molecule has 1 fully saturated rings. The average Bonchev–Trinajstić information content (AvgIpc) is 2.86. The summed E-state index contributed by atoms with van der Waals surface area (Å²) in [6, 6.07) is 3.60. The van der Waals surface area contributed by atoms with Crippen LogP contribution in [0.4, 0.5) is 4.79 Å². The first-order chi connectivity index (χ1) is 9.60. The van der Waals surface area contributed by atoms with Crippen molar-refractivity contribution in [2.45, 2.75) is 44.7 Å². The van der Waals surface area contributed by atoms with Crippen molar-refractivity contribution in [1.82, 2.24) is 10.6 Å². The molecule has 0 saturated heterocycles. The molecular formula is C14H21ClN2O2S. The van der Waals surface area contributed by atoms with Gasteiger partial charge in [0.25, 0.3) is 0 Å². The largest absolute Gasteiger partial charge is 0.396 e. The Kier molecular flexibility index (Phi) is 5.69. The predicted molar refractivity (Wildman–Crippen MR) is 82.2 cm³/mol. The fourth-order valence-electron chi connectivity index (χ4n) is 2.66. The van der Waals surface area contributed by atoms with Crippen LogP contribution in [-0.2, 0) is 0 Å². The lowest BCUT2D eigenvalue weighted by atomic mass is 9.85. The topological polar surface area (TPSA) is 61.4 Å². The number of aliphatic hydroxyl groups is 1. The first-order valence-corrected chi connectivity index (χ1v) is 8.22. The van der Waals surface area contributed by atoms with Crippen LogP contribution in [0.15, 0.2) is 12.1 Å². The molecule has 20 heavy (non-hydrogen) atoms. The third kappa shape index (κ3) is 4.11. The molecule has 1 aliphatic carbocycles. The fourth-order valence-corrected chi connectivity index (χ4v) is 3.72. The molecule has 0 spiro atoms. The lowest BCUT2D eigenvalue weighted by Gasteiger charge is -2.31. The van der Waals surface area contributed by atoms with E-state index in [1.807, 2.05) is 19.1 Å². The third-order valence-corrected chi connectivity index (χ3v) is 5.24. The highest BCUT2D eigenvalue weighted by Crippen LogP contribution is 2.27. The van der Waals surface area contributed by atoms with Gasteiger partial charge in [-0.15, -0.1) is 11.3 Å². The second-order valence-electron chi connectivity index (χ2n) is 5.31. The van der Waals surface area contributed by atoms with Gasteiger partial charge in [-0.2, -0.15) is 0 Å². The number of halogens is 1. The number of hydrogen-bond acceptors (Lipinski definition) is 3. The van der Waals surface area contributed by atoms with Gasteiger partial charge in [0, 0.05) is 23.4 Å². The van der Waals surface area contributed by atoms with Crippen molar-refractivity contribution in [1.29, 1.82) is 0 Å². The zero-order valence-electron chi connectivity index (χ0n) is 11.6. The monoisotopic (exact) mass is 316 g/mol. The van der Waals surface area contributed by atoms with Crippen molar-refractivity contribution in [2.24, 2.45) is 5.92 Å². The molecular weight excluding hydrogens is 296 g/mol. The molecule has 1 aromatic heterocycles. The van der Waals surface area contributed by atoms with E-state index in [4.69, 9.17) is 11.6 Å². The molecule has 1 aromatic rings. The van der Waals surface area contributed by atoms with Gasteiger partial charge < -0.3 is 15.7 Å². The van der Waals surface area contributed by atoms with Gasteiger partial charge in [0.2, 0.25) is 0 Å². The van der Waals surface area contributed by atoms with Crippen LogP contribution in [0.3, 0.4) is 0 Å². The molecule has 0 aromatic carbocycles. The van der Waals surface area contributed by atoms with Crippen LogP contribution >= 0.6 is 22.9 Å². The summed E-state index contributed by atoms with van der Waals surface area (Å²) in [5.74, 6) is 0.181. The van der Waals surface area contributed by atoms with Crippen molar-refractivity contribution in [3.05, 3.63) is 21.3 Å². The van der Waals surface area contributed by atoms with Crippen LogP contribution in [-0.4, -0.2) is 23.8 Å². The zero-order chi connectivity index (χ0) is 14.5. The van der Waals surface area contributed by atoms with Gasteiger partial charge in [-0.1, -0.05) is 24.4 Å². The molecule has 1 aliphatic rings. The van der Waals surface area contributed by atoms with Gasteiger partial charge in [0.15, 0.2) is 0 Å². The molecule has 3 N–H and O–H groups in total. The van der Waals surface area contributed by atoms with Crippen molar-refractivity contribution >= 4 is 29.0 Å². The summed E-state index contributed by atoms with van der Waals surface area (Å²) in [5.41, 5.74) is 0. The van der Waals surface area contributed by atoms with Gasteiger partial charge >= 0.3 is 6.03 Å².